The summed E-state index contributed by atoms with van der Waals surface area (Å²) in [5.41, 5.74) is 0. The molecule has 1 unspecified atom stereocenters. The van der Waals surface area contributed by atoms with Crippen molar-refractivity contribution in [2.75, 3.05) is 13.2 Å². The number of hydrogen-bond donors (Lipinski definition) is 0. The molecule has 0 amide bonds. The third-order valence-corrected chi connectivity index (χ3v) is 11.8. The highest BCUT2D eigenvalue weighted by Gasteiger charge is 2.19. The van der Waals surface area contributed by atoms with Crippen molar-refractivity contribution in [3.63, 3.8) is 0 Å². The summed E-state index contributed by atoms with van der Waals surface area (Å²) in [6.07, 6.45) is 74.0. The maximum absolute atomic E-state index is 12.9. The van der Waals surface area contributed by atoms with Crippen molar-refractivity contribution in [1.29, 1.82) is 0 Å². The minimum Gasteiger partial charge on any atom is -0.462 e. The van der Waals surface area contributed by atoms with E-state index in [0.717, 1.165) is 103 Å². The highest BCUT2D eigenvalue weighted by molar-refractivity contribution is 5.71. The number of esters is 3. The molecular formula is C62H104O6. The zero-order valence-electron chi connectivity index (χ0n) is 44.3. The van der Waals surface area contributed by atoms with Crippen LogP contribution in [0, 0.1) is 0 Å². The van der Waals surface area contributed by atoms with E-state index in [1.54, 1.807) is 0 Å². The summed E-state index contributed by atoms with van der Waals surface area (Å²) in [5.74, 6) is -0.964. The van der Waals surface area contributed by atoms with E-state index < -0.39 is 6.10 Å². The zero-order valence-corrected chi connectivity index (χ0v) is 44.3. The fourth-order valence-corrected chi connectivity index (χ4v) is 7.67. The predicted molar refractivity (Wildman–Crippen MR) is 293 cm³/mol. The van der Waals surface area contributed by atoms with Gasteiger partial charge in [0.15, 0.2) is 6.10 Å². The average Bonchev–Trinajstić information content (AvgIpc) is 3.34. The van der Waals surface area contributed by atoms with Gasteiger partial charge in [0, 0.05) is 19.3 Å². The Morgan fingerprint density at radius 2 is 0.588 bits per heavy atom. The summed E-state index contributed by atoms with van der Waals surface area (Å²) in [5, 5.41) is 0. The van der Waals surface area contributed by atoms with Crippen LogP contribution in [-0.2, 0) is 28.6 Å². The van der Waals surface area contributed by atoms with E-state index in [4.69, 9.17) is 14.2 Å². The molecule has 6 heteroatoms. The highest BCUT2D eigenvalue weighted by Crippen LogP contribution is 2.15. The van der Waals surface area contributed by atoms with Gasteiger partial charge in [0.1, 0.15) is 13.2 Å². The van der Waals surface area contributed by atoms with E-state index in [0.29, 0.717) is 19.3 Å². The lowest BCUT2D eigenvalue weighted by atomic mass is 10.0. The first-order valence-electron chi connectivity index (χ1n) is 28.2. The molecule has 6 nitrogen and oxygen atoms in total. The lowest BCUT2D eigenvalue weighted by Crippen LogP contribution is -2.30. The second kappa shape index (κ2) is 55.9. The second-order valence-corrected chi connectivity index (χ2v) is 18.4. The van der Waals surface area contributed by atoms with Crippen LogP contribution in [0.2, 0.25) is 0 Å². The first-order valence-corrected chi connectivity index (χ1v) is 28.2. The molecule has 1 atom stereocenters. The summed E-state index contributed by atoms with van der Waals surface area (Å²) in [4.78, 5) is 38.1. The molecule has 0 saturated carbocycles. The largest absolute Gasteiger partial charge is 0.462 e. The van der Waals surface area contributed by atoms with Crippen LogP contribution in [-0.4, -0.2) is 37.2 Å². The Morgan fingerprint density at radius 3 is 0.956 bits per heavy atom. The molecule has 0 aromatic rings. The molecule has 0 heterocycles. The van der Waals surface area contributed by atoms with Gasteiger partial charge in [-0.1, -0.05) is 246 Å². The van der Waals surface area contributed by atoms with E-state index >= 15 is 0 Å². The molecule has 0 spiro atoms. The Labute approximate surface area is 419 Å². The van der Waals surface area contributed by atoms with Crippen molar-refractivity contribution in [3.8, 4) is 0 Å². The molecule has 0 N–H and O–H groups in total. The van der Waals surface area contributed by atoms with Gasteiger partial charge in [-0.3, -0.25) is 14.4 Å². The molecule has 0 aliphatic rings. The summed E-state index contributed by atoms with van der Waals surface area (Å²) < 4.78 is 16.8. The monoisotopic (exact) mass is 945 g/mol. The van der Waals surface area contributed by atoms with E-state index in [2.05, 4.69) is 118 Å². The van der Waals surface area contributed by atoms with Crippen LogP contribution < -0.4 is 0 Å². The van der Waals surface area contributed by atoms with Gasteiger partial charge in [-0.05, 0) is 89.9 Å². The van der Waals surface area contributed by atoms with Gasteiger partial charge >= 0.3 is 17.9 Å². The molecule has 0 bridgehead atoms. The smallest absolute Gasteiger partial charge is 0.306 e. The Morgan fingerprint density at radius 1 is 0.309 bits per heavy atom. The van der Waals surface area contributed by atoms with Crippen LogP contribution in [0.1, 0.15) is 258 Å². The van der Waals surface area contributed by atoms with Crippen LogP contribution in [0.25, 0.3) is 0 Å². The van der Waals surface area contributed by atoms with Crippen LogP contribution >= 0.6 is 0 Å². The fourth-order valence-electron chi connectivity index (χ4n) is 7.67. The topological polar surface area (TPSA) is 78.9 Å². The first-order chi connectivity index (χ1) is 33.5. The van der Waals surface area contributed by atoms with Crippen molar-refractivity contribution in [1.82, 2.24) is 0 Å². The minimum absolute atomic E-state index is 0.0979. The number of hydrogen-bond acceptors (Lipinski definition) is 6. The number of carbonyl (C=O) groups excluding carboxylic acids is 3. The summed E-state index contributed by atoms with van der Waals surface area (Å²) in [6, 6.07) is 0. The number of ether oxygens (including phenoxy) is 3. The van der Waals surface area contributed by atoms with Gasteiger partial charge in [0.2, 0.25) is 0 Å². The molecule has 68 heavy (non-hydrogen) atoms. The lowest BCUT2D eigenvalue weighted by molar-refractivity contribution is -0.167. The van der Waals surface area contributed by atoms with Crippen LogP contribution in [0.15, 0.2) is 97.2 Å². The van der Waals surface area contributed by atoms with Crippen LogP contribution in [0.4, 0.5) is 0 Å². The van der Waals surface area contributed by atoms with Gasteiger partial charge in [0.25, 0.3) is 0 Å². The molecule has 388 valence electrons. The van der Waals surface area contributed by atoms with E-state index in [1.807, 2.05) is 0 Å². The van der Waals surface area contributed by atoms with Crippen molar-refractivity contribution in [2.24, 2.45) is 0 Å². The molecule has 0 aliphatic carbocycles. The third kappa shape index (κ3) is 53.3. The summed E-state index contributed by atoms with van der Waals surface area (Å²) >= 11 is 0. The Kier molecular flexibility index (Phi) is 52.9. The van der Waals surface area contributed by atoms with E-state index in [1.165, 1.54) is 109 Å². The Hall–Kier alpha value is -3.67. The molecular weight excluding hydrogens is 841 g/mol. The van der Waals surface area contributed by atoms with Crippen molar-refractivity contribution >= 4 is 17.9 Å². The number of rotatable bonds is 50. The highest BCUT2D eigenvalue weighted by atomic mass is 16.6. The number of unbranched alkanes of at least 4 members (excludes halogenated alkanes) is 23. The van der Waals surface area contributed by atoms with E-state index in [-0.39, 0.29) is 37.5 Å². The molecule has 0 radical (unpaired) electrons. The van der Waals surface area contributed by atoms with Gasteiger partial charge in [-0.2, -0.15) is 0 Å². The van der Waals surface area contributed by atoms with Gasteiger partial charge in [0.05, 0.1) is 0 Å². The molecule has 0 aromatic heterocycles. The molecule has 0 saturated heterocycles. The normalized spacial score (nSPS) is 12.8. The number of allylic oxidation sites excluding steroid dienone is 16. The van der Waals surface area contributed by atoms with Gasteiger partial charge in [-0.25, -0.2) is 0 Å². The Bertz CT molecular complexity index is 1360. The quantitative estimate of drug-likeness (QED) is 0.0262. The SMILES string of the molecule is CC/C=C\C/C=C\C/C=C\C/C=C\C/C=C\CCCC(=O)OCC(COC(=O)CCCCCCCCCCCCCCCCCC)OC(=O)CCCCCCCCC/C=C\C/C=C\C/C=C\CC. The van der Waals surface area contributed by atoms with E-state index in [9.17, 15) is 14.4 Å². The maximum atomic E-state index is 12.9. The number of carbonyl (C=O) groups is 3. The van der Waals surface area contributed by atoms with Crippen molar-refractivity contribution < 1.29 is 28.6 Å². The van der Waals surface area contributed by atoms with Gasteiger partial charge in [-0.15, -0.1) is 0 Å². The lowest BCUT2D eigenvalue weighted by Gasteiger charge is -2.18. The second-order valence-electron chi connectivity index (χ2n) is 18.4. The van der Waals surface area contributed by atoms with Crippen molar-refractivity contribution in [2.45, 2.75) is 264 Å². The molecule has 0 aliphatic heterocycles. The average molecular weight is 946 g/mol. The summed E-state index contributed by atoms with van der Waals surface area (Å²) in [6.45, 7) is 6.37. The summed E-state index contributed by atoms with van der Waals surface area (Å²) in [7, 11) is 0. The van der Waals surface area contributed by atoms with Crippen molar-refractivity contribution in [3.05, 3.63) is 97.2 Å². The molecule has 0 rings (SSSR count). The minimum atomic E-state index is -0.805. The third-order valence-electron chi connectivity index (χ3n) is 11.8. The van der Waals surface area contributed by atoms with Crippen LogP contribution in [0.3, 0.4) is 0 Å². The van der Waals surface area contributed by atoms with Crippen LogP contribution in [0.5, 0.6) is 0 Å². The fraction of sp³-hybridized carbons (Fsp3) is 0.694. The Balaban J connectivity index is 4.48. The maximum Gasteiger partial charge on any atom is 0.306 e. The molecule has 0 fully saturated rings. The van der Waals surface area contributed by atoms with Gasteiger partial charge < -0.3 is 14.2 Å². The standard InChI is InChI=1S/C62H104O6/c1-4-7-10-13-16-19-22-25-28-31-34-37-40-43-46-49-52-55-61(64)67-58-59(57-66-60(63)54-51-48-45-42-39-36-33-30-27-24-21-18-15-12-9-6-3)68-62(65)56-53-50-47-44-41-38-35-32-29-26-23-20-17-14-11-8-5-2/h7-8,10-11,16-17,19-20,25-26,28-29,34,37,43,46,59H,4-6,9,12-15,18,21-24,27,30-33,35-36,38-42,44-45,47-58H2,1-3H3/b10-7-,11-8-,19-16-,20-17-,28-25-,29-26-,37-34-,46-43-. The first kappa shape index (κ1) is 64.3. The molecule has 0 aromatic carbocycles. The predicted octanol–water partition coefficient (Wildman–Crippen LogP) is 18.9. The zero-order chi connectivity index (χ0) is 49.3.